The number of unbranched alkanes of at least 4 members (excludes halogenated alkanes) is 2. The number of carboxylic acid groups (broad SMARTS) is 1. The molecule has 6 nitrogen and oxygen atoms in total. The van der Waals surface area contributed by atoms with Crippen LogP contribution in [0.3, 0.4) is 0 Å². The van der Waals surface area contributed by atoms with Gasteiger partial charge in [-0.2, -0.15) is 0 Å². The first-order valence-corrected chi connectivity index (χ1v) is 8.73. The highest BCUT2D eigenvalue weighted by molar-refractivity contribution is 5.66. The lowest BCUT2D eigenvalue weighted by Gasteiger charge is -2.10. The number of aliphatic carboxylic acids is 1. The summed E-state index contributed by atoms with van der Waals surface area (Å²) in [4.78, 5) is 14.6. The van der Waals surface area contributed by atoms with Gasteiger partial charge in [0.05, 0.1) is 26.7 Å². The van der Waals surface area contributed by atoms with Gasteiger partial charge in [-0.1, -0.05) is 18.2 Å². The van der Waals surface area contributed by atoms with Gasteiger partial charge in [-0.25, -0.2) is 4.98 Å². The number of rotatable bonds is 12. The fraction of sp³-hybridized carbons (Fsp3) is 0.400. The molecule has 6 heteroatoms. The van der Waals surface area contributed by atoms with E-state index in [2.05, 4.69) is 11.1 Å². The molecule has 26 heavy (non-hydrogen) atoms. The first kappa shape index (κ1) is 19.7. The Morgan fingerprint density at radius 2 is 2.08 bits per heavy atom. The molecule has 0 unspecified atom stereocenters. The van der Waals surface area contributed by atoms with Crippen molar-refractivity contribution in [2.75, 3.05) is 13.7 Å². The fourth-order valence-corrected chi connectivity index (χ4v) is 2.53. The standard InChI is InChI=1S/C20H26N2O4/c1-25-19-9-7-17(8-10-19)14-26-15-18(13-22-12-11-21-16-22)5-3-2-4-6-20(23)24/h5,7-12,16H,2-4,6,13-15H2,1H3,(H,23,24)/b18-5-. The number of imidazole rings is 1. The Labute approximate surface area is 154 Å². The number of benzene rings is 1. The van der Waals surface area contributed by atoms with Gasteiger partial charge in [0.1, 0.15) is 5.75 Å². The number of carbonyl (C=O) groups is 1. The molecular weight excluding hydrogens is 332 g/mol. The molecule has 0 saturated heterocycles. The fourth-order valence-electron chi connectivity index (χ4n) is 2.53. The smallest absolute Gasteiger partial charge is 0.303 e. The number of methoxy groups -OCH3 is 1. The van der Waals surface area contributed by atoms with Crippen LogP contribution in [0.2, 0.25) is 0 Å². The van der Waals surface area contributed by atoms with Crippen molar-refractivity contribution in [1.29, 1.82) is 0 Å². The Kier molecular flexibility index (Phi) is 8.42. The Balaban J connectivity index is 1.82. The van der Waals surface area contributed by atoms with Crippen molar-refractivity contribution in [3.05, 3.63) is 60.2 Å². The first-order valence-electron chi connectivity index (χ1n) is 8.73. The van der Waals surface area contributed by atoms with Gasteiger partial charge in [0, 0.05) is 25.4 Å². The molecule has 0 radical (unpaired) electrons. The van der Waals surface area contributed by atoms with Crippen LogP contribution in [0.15, 0.2) is 54.6 Å². The topological polar surface area (TPSA) is 73.6 Å². The van der Waals surface area contributed by atoms with Crippen LogP contribution in [0.5, 0.6) is 5.75 Å². The molecular formula is C20H26N2O4. The third-order valence-corrected chi connectivity index (χ3v) is 3.94. The van der Waals surface area contributed by atoms with Crippen LogP contribution in [-0.4, -0.2) is 34.3 Å². The van der Waals surface area contributed by atoms with Crippen LogP contribution < -0.4 is 4.74 Å². The van der Waals surface area contributed by atoms with E-state index in [-0.39, 0.29) is 6.42 Å². The Bertz CT molecular complexity index is 678. The minimum Gasteiger partial charge on any atom is -0.497 e. The molecule has 0 spiro atoms. The van der Waals surface area contributed by atoms with Crippen molar-refractivity contribution in [2.24, 2.45) is 0 Å². The second-order valence-corrected chi connectivity index (χ2v) is 6.08. The monoisotopic (exact) mass is 358 g/mol. The summed E-state index contributed by atoms with van der Waals surface area (Å²) in [6.45, 7) is 1.79. The van der Waals surface area contributed by atoms with Crippen LogP contribution in [0.25, 0.3) is 0 Å². The Hall–Kier alpha value is -2.60. The number of hydrogen-bond donors (Lipinski definition) is 1. The van der Waals surface area contributed by atoms with Gasteiger partial charge in [-0.3, -0.25) is 4.79 Å². The molecule has 0 fully saturated rings. The molecule has 0 atom stereocenters. The summed E-state index contributed by atoms with van der Waals surface area (Å²) in [7, 11) is 1.65. The van der Waals surface area contributed by atoms with E-state index in [1.165, 1.54) is 0 Å². The molecule has 0 aliphatic carbocycles. The number of carboxylic acids is 1. The van der Waals surface area contributed by atoms with E-state index in [4.69, 9.17) is 14.6 Å². The molecule has 1 aromatic carbocycles. The summed E-state index contributed by atoms with van der Waals surface area (Å²) < 4.78 is 13.0. The van der Waals surface area contributed by atoms with E-state index in [0.717, 1.165) is 36.3 Å². The van der Waals surface area contributed by atoms with Gasteiger partial charge in [-0.05, 0) is 42.5 Å². The number of nitrogens with zero attached hydrogens (tertiary/aromatic N) is 2. The number of ether oxygens (including phenoxy) is 2. The van der Waals surface area contributed by atoms with Crippen molar-refractivity contribution in [1.82, 2.24) is 9.55 Å². The van der Waals surface area contributed by atoms with Gasteiger partial charge >= 0.3 is 5.97 Å². The average molecular weight is 358 g/mol. The van der Waals surface area contributed by atoms with Crippen LogP contribution in [0.1, 0.15) is 31.2 Å². The molecule has 0 aliphatic heterocycles. The summed E-state index contributed by atoms with van der Waals surface area (Å²) in [5.74, 6) is 0.0891. The minimum atomic E-state index is -0.740. The third-order valence-electron chi connectivity index (χ3n) is 3.94. The summed E-state index contributed by atoms with van der Waals surface area (Å²) >= 11 is 0. The SMILES string of the molecule is COc1ccc(COC/C(=C\CCCCC(=O)O)Cn2ccnc2)cc1. The summed E-state index contributed by atoms with van der Waals surface area (Å²) in [5.41, 5.74) is 2.25. The van der Waals surface area contributed by atoms with Crippen molar-refractivity contribution < 1.29 is 19.4 Å². The third kappa shape index (κ3) is 7.53. The largest absolute Gasteiger partial charge is 0.497 e. The van der Waals surface area contributed by atoms with Crippen molar-refractivity contribution in [3.63, 3.8) is 0 Å². The molecule has 0 amide bonds. The van der Waals surface area contributed by atoms with Crippen LogP contribution in [-0.2, 0) is 22.7 Å². The molecule has 0 bridgehead atoms. The van der Waals surface area contributed by atoms with E-state index in [9.17, 15) is 4.79 Å². The molecule has 140 valence electrons. The molecule has 2 aromatic rings. The molecule has 0 aliphatic rings. The van der Waals surface area contributed by atoms with Crippen LogP contribution in [0, 0.1) is 0 Å². The maximum absolute atomic E-state index is 10.6. The van der Waals surface area contributed by atoms with Gasteiger partial charge in [0.2, 0.25) is 0 Å². The maximum atomic E-state index is 10.6. The van der Waals surface area contributed by atoms with E-state index >= 15 is 0 Å². The lowest BCUT2D eigenvalue weighted by Crippen LogP contribution is -2.06. The van der Waals surface area contributed by atoms with Gasteiger partial charge in [-0.15, -0.1) is 0 Å². The minimum absolute atomic E-state index is 0.221. The lowest BCUT2D eigenvalue weighted by molar-refractivity contribution is -0.137. The zero-order valence-corrected chi connectivity index (χ0v) is 15.1. The molecule has 0 saturated carbocycles. The predicted molar refractivity (Wildman–Crippen MR) is 99.1 cm³/mol. The second-order valence-electron chi connectivity index (χ2n) is 6.08. The number of allylic oxidation sites excluding steroid dienone is 1. The van der Waals surface area contributed by atoms with E-state index in [1.807, 2.05) is 35.0 Å². The molecule has 1 aromatic heterocycles. The van der Waals surface area contributed by atoms with Gasteiger partial charge in [0.25, 0.3) is 0 Å². The molecule has 1 heterocycles. The van der Waals surface area contributed by atoms with Crippen LogP contribution in [0.4, 0.5) is 0 Å². The number of aromatic nitrogens is 2. The Morgan fingerprint density at radius 3 is 2.73 bits per heavy atom. The van der Waals surface area contributed by atoms with Gasteiger partial charge < -0.3 is 19.1 Å². The van der Waals surface area contributed by atoms with Gasteiger partial charge in [0.15, 0.2) is 0 Å². The zero-order chi connectivity index (χ0) is 18.6. The lowest BCUT2D eigenvalue weighted by atomic mass is 10.1. The van der Waals surface area contributed by atoms with E-state index in [1.54, 1.807) is 19.6 Å². The highest BCUT2D eigenvalue weighted by Gasteiger charge is 2.02. The second kappa shape index (κ2) is 11.1. The quantitative estimate of drug-likeness (QED) is 0.463. The highest BCUT2D eigenvalue weighted by Crippen LogP contribution is 2.13. The van der Waals surface area contributed by atoms with Crippen molar-refractivity contribution in [2.45, 2.75) is 38.8 Å². The van der Waals surface area contributed by atoms with Crippen molar-refractivity contribution in [3.8, 4) is 5.75 Å². The normalized spacial score (nSPS) is 11.5. The predicted octanol–water partition coefficient (Wildman–Crippen LogP) is 3.68. The number of hydrogen-bond acceptors (Lipinski definition) is 4. The van der Waals surface area contributed by atoms with Crippen molar-refractivity contribution >= 4 is 5.97 Å². The van der Waals surface area contributed by atoms with E-state index in [0.29, 0.717) is 19.6 Å². The molecule has 2 rings (SSSR count). The first-order chi connectivity index (χ1) is 12.7. The zero-order valence-electron chi connectivity index (χ0n) is 15.1. The highest BCUT2D eigenvalue weighted by atomic mass is 16.5. The van der Waals surface area contributed by atoms with E-state index < -0.39 is 5.97 Å². The average Bonchev–Trinajstić information content (AvgIpc) is 3.14. The molecule has 1 N–H and O–H groups in total. The Morgan fingerprint density at radius 1 is 1.27 bits per heavy atom. The van der Waals surface area contributed by atoms with Crippen LogP contribution >= 0.6 is 0 Å². The summed E-state index contributed by atoms with van der Waals surface area (Å²) in [6, 6.07) is 7.82. The summed E-state index contributed by atoms with van der Waals surface area (Å²) in [5, 5.41) is 8.70. The summed E-state index contributed by atoms with van der Waals surface area (Å²) in [6.07, 6.45) is 10.2. The maximum Gasteiger partial charge on any atom is 0.303 e.